The third kappa shape index (κ3) is 2.43. The molecule has 0 amide bonds. The van der Waals surface area contributed by atoms with E-state index >= 15 is 0 Å². The van der Waals surface area contributed by atoms with Crippen LogP contribution >= 0.6 is 11.6 Å². The minimum absolute atomic E-state index is 0.397. The van der Waals surface area contributed by atoms with E-state index in [2.05, 4.69) is 11.4 Å². The Morgan fingerprint density at radius 3 is 2.83 bits per heavy atom. The molecule has 4 heteroatoms. The molecule has 0 spiro atoms. The van der Waals surface area contributed by atoms with Gasteiger partial charge in [0.2, 0.25) is 0 Å². The van der Waals surface area contributed by atoms with Crippen LogP contribution in [0, 0.1) is 0 Å². The number of halogens is 1. The zero-order valence-corrected chi connectivity index (χ0v) is 11.1. The fraction of sp³-hybridized carbons (Fsp3) is 0.571. The molecule has 0 bridgehead atoms. The summed E-state index contributed by atoms with van der Waals surface area (Å²) in [7, 11) is 0. The lowest BCUT2D eigenvalue weighted by Crippen LogP contribution is -2.26. The van der Waals surface area contributed by atoms with Crippen molar-refractivity contribution in [1.82, 2.24) is 5.32 Å². The molecule has 3 nitrogen and oxygen atoms in total. The first-order valence-corrected chi connectivity index (χ1v) is 7.05. The van der Waals surface area contributed by atoms with E-state index in [9.17, 15) is 0 Å². The molecule has 0 saturated carbocycles. The summed E-state index contributed by atoms with van der Waals surface area (Å²) < 4.78 is 11.4. The average molecular weight is 268 g/mol. The third-order valence-electron chi connectivity index (χ3n) is 3.54. The van der Waals surface area contributed by atoms with Crippen molar-refractivity contribution >= 4 is 11.6 Å². The summed E-state index contributed by atoms with van der Waals surface area (Å²) in [5.41, 5.74) is 1.21. The van der Waals surface area contributed by atoms with Gasteiger partial charge in [0.15, 0.2) is 11.5 Å². The molecule has 3 rings (SSSR count). The van der Waals surface area contributed by atoms with Crippen LogP contribution < -0.4 is 14.8 Å². The van der Waals surface area contributed by atoms with E-state index in [1.54, 1.807) is 0 Å². The Morgan fingerprint density at radius 2 is 2.00 bits per heavy atom. The normalized spacial score (nSPS) is 23.5. The number of piperidine rings is 1. The maximum absolute atomic E-state index is 6.31. The molecule has 0 aliphatic carbocycles. The molecule has 2 heterocycles. The van der Waals surface area contributed by atoms with Crippen molar-refractivity contribution in [2.45, 2.75) is 31.7 Å². The van der Waals surface area contributed by atoms with Gasteiger partial charge in [0.05, 0.1) is 18.2 Å². The van der Waals surface area contributed by atoms with Gasteiger partial charge in [0, 0.05) is 12.5 Å². The molecule has 0 aromatic heterocycles. The van der Waals surface area contributed by atoms with Gasteiger partial charge in [0.25, 0.3) is 0 Å². The van der Waals surface area contributed by atoms with E-state index in [-0.39, 0.29) is 0 Å². The number of benzene rings is 1. The monoisotopic (exact) mass is 267 g/mol. The van der Waals surface area contributed by atoms with Crippen LogP contribution in [-0.4, -0.2) is 19.8 Å². The Kier molecular flexibility index (Phi) is 3.62. The number of ether oxygens (including phenoxy) is 2. The summed E-state index contributed by atoms with van der Waals surface area (Å²) in [6.07, 6.45) is 4.59. The van der Waals surface area contributed by atoms with Gasteiger partial charge >= 0.3 is 0 Å². The van der Waals surface area contributed by atoms with Gasteiger partial charge in [-0.05, 0) is 37.1 Å². The Hall–Kier alpha value is -0.930. The topological polar surface area (TPSA) is 30.5 Å². The summed E-state index contributed by atoms with van der Waals surface area (Å²) in [4.78, 5) is 0. The molecule has 1 atom stereocenters. The maximum Gasteiger partial charge on any atom is 0.179 e. The highest BCUT2D eigenvalue weighted by molar-refractivity contribution is 6.32. The molecule has 1 fully saturated rings. The number of fused-ring (bicyclic) bond motifs is 1. The van der Waals surface area contributed by atoms with Crippen molar-refractivity contribution in [3.63, 3.8) is 0 Å². The van der Waals surface area contributed by atoms with Gasteiger partial charge in [0.1, 0.15) is 0 Å². The predicted molar refractivity (Wildman–Crippen MR) is 71.7 cm³/mol. The zero-order valence-electron chi connectivity index (χ0n) is 10.4. The van der Waals surface area contributed by atoms with Gasteiger partial charge in [-0.25, -0.2) is 0 Å². The minimum Gasteiger partial charge on any atom is -0.489 e. The molecule has 1 saturated heterocycles. The lowest BCUT2D eigenvalue weighted by Gasteiger charge is -2.24. The first-order chi connectivity index (χ1) is 8.84. The van der Waals surface area contributed by atoms with E-state index in [4.69, 9.17) is 21.1 Å². The Balaban J connectivity index is 1.91. The highest BCUT2D eigenvalue weighted by atomic mass is 35.5. The second-order valence-electron chi connectivity index (χ2n) is 4.88. The smallest absolute Gasteiger partial charge is 0.179 e. The third-order valence-corrected chi connectivity index (χ3v) is 3.82. The number of nitrogens with one attached hydrogen (secondary N) is 1. The second kappa shape index (κ2) is 5.37. The van der Waals surface area contributed by atoms with Crippen molar-refractivity contribution in [3.8, 4) is 11.5 Å². The summed E-state index contributed by atoms with van der Waals surface area (Å²) in [5.74, 6) is 1.50. The highest BCUT2D eigenvalue weighted by Gasteiger charge is 2.20. The van der Waals surface area contributed by atoms with Crippen LogP contribution in [0.1, 0.15) is 37.3 Å². The molecule has 2 aliphatic heterocycles. The van der Waals surface area contributed by atoms with Gasteiger partial charge in [-0.3, -0.25) is 0 Å². The second-order valence-corrected chi connectivity index (χ2v) is 5.29. The number of hydrogen-bond acceptors (Lipinski definition) is 3. The highest BCUT2D eigenvalue weighted by Crippen LogP contribution is 2.40. The maximum atomic E-state index is 6.31. The molecule has 1 aromatic rings. The van der Waals surface area contributed by atoms with Gasteiger partial charge in [-0.1, -0.05) is 18.0 Å². The largest absolute Gasteiger partial charge is 0.489 e. The Labute approximate surface area is 112 Å². The molecule has 1 aromatic carbocycles. The molecule has 18 heavy (non-hydrogen) atoms. The number of rotatable bonds is 1. The standard InChI is InChI=1S/C14H18ClNO2/c15-11-8-10(12-4-1-2-5-16-12)9-13-14(11)18-7-3-6-17-13/h8-9,12,16H,1-7H2. The van der Waals surface area contributed by atoms with Crippen molar-refractivity contribution in [2.75, 3.05) is 19.8 Å². The minimum atomic E-state index is 0.397. The first kappa shape index (κ1) is 12.1. The molecule has 1 unspecified atom stereocenters. The lowest BCUT2D eigenvalue weighted by atomic mass is 9.97. The van der Waals surface area contributed by atoms with Crippen molar-refractivity contribution in [1.29, 1.82) is 0 Å². The number of hydrogen-bond donors (Lipinski definition) is 1. The van der Waals surface area contributed by atoms with Crippen LogP contribution in [0.2, 0.25) is 5.02 Å². The van der Waals surface area contributed by atoms with Crippen molar-refractivity contribution in [2.24, 2.45) is 0 Å². The van der Waals surface area contributed by atoms with E-state index < -0.39 is 0 Å². The van der Waals surface area contributed by atoms with E-state index in [0.717, 1.165) is 25.1 Å². The quantitative estimate of drug-likeness (QED) is 0.847. The van der Waals surface area contributed by atoms with Crippen LogP contribution in [0.3, 0.4) is 0 Å². The van der Waals surface area contributed by atoms with E-state index in [1.165, 1.54) is 18.4 Å². The lowest BCUT2D eigenvalue weighted by molar-refractivity contribution is 0.297. The van der Waals surface area contributed by atoms with E-state index in [1.807, 2.05) is 6.07 Å². The molecule has 98 valence electrons. The van der Waals surface area contributed by atoms with Crippen LogP contribution in [0.4, 0.5) is 0 Å². The Morgan fingerprint density at radius 1 is 1.11 bits per heavy atom. The molecule has 1 N–H and O–H groups in total. The fourth-order valence-electron chi connectivity index (χ4n) is 2.59. The molecule has 2 aliphatic rings. The first-order valence-electron chi connectivity index (χ1n) is 6.67. The van der Waals surface area contributed by atoms with Crippen molar-refractivity contribution < 1.29 is 9.47 Å². The summed E-state index contributed by atoms with van der Waals surface area (Å²) in [6.45, 7) is 2.45. The summed E-state index contributed by atoms with van der Waals surface area (Å²) >= 11 is 6.31. The van der Waals surface area contributed by atoms with Crippen molar-refractivity contribution in [3.05, 3.63) is 22.7 Å². The molecular formula is C14H18ClNO2. The predicted octanol–water partition coefficient (Wildman–Crippen LogP) is 3.32. The van der Waals surface area contributed by atoms with Crippen LogP contribution in [0.15, 0.2) is 12.1 Å². The van der Waals surface area contributed by atoms with Crippen LogP contribution in [-0.2, 0) is 0 Å². The van der Waals surface area contributed by atoms with Gasteiger partial charge in [-0.15, -0.1) is 0 Å². The van der Waals surface area contributed by atoms with Gasteiger partial charge < -0.3 is 14.8 Å². The zero-order chi connectivity index (χ0) is 12.4. The van der Waals surface area contributed by atoms with Gasteiger partial charge in [-0.2, -0.15) is 0 Å². The van der Waals surface area contributed by atoms with E-state index in [0.29, 0.717) is 30.0 Å². The van der Waals surface area contributed by atoms with Crippen LogP contribution in [0.5, 0.6) is 11.5 Å². The Bertz CT molecular complexity index is 430. The fourth-order valence-corrected chi connectivity index (χ4v) is 2.86. The molecular weight excluding hydrogens is 250 g/mol. The summed E-state index contributed by atoms with van der Waals surface area (Å²) in [6, 6.07) is 4.49. The molecule has 0 radical (unpaired) electrons. The van der Waals surface area contributed by atoms with Crippen LogP contribution in [0.25, 0.3) is 0 Å². The summed E-state index contributed by atoms with van der Waals surface area (Å²) in [5, 5.41) is 4.19. The average Bonchev–Trinajstić information content (AvgIpc) is 2.65. The SMILES string of the molecule is Clc1cc(C2CCCCN2)cc2c1OCCCO2.